The molecule has 0 aliphatic rings. The molecule has 23 heavy (non-hydrogen) atoms. The van der Waals surface area contributed by atoms with Crippen molar-refractivity contribution in [1.82, 2.24) is 10.6 Å². The van der Waals surface area contributed by atoms with Crippen LogP contribution in [0.5, 0.6) is 0 Å². The Hall–Kier alpha value is -2.14. The first-order valence-corrected chi connectivity index (χ1v) is 8.50. The monoisotopic (exact) mass is 330 g/mol. The van der Waals surface area contributed by atoms with Crippen LogP contribution in [0.2, 0.25) is 0 Å². The number of rotatable bonds is 6. The van der Waals surface area contributed by atoms with Gasteiger partial charge < -0.3 is 10.6 Å². The van der Waals surface area contributed by atoms with Crippen LogP contribution in [0.3, 0.4) is 0 Å². The number of nitrogens with one attached hydrogen (secondary N) is 2. The van der Waals surface area contributed by atoms with Crippen molar-refractivity contribution >= 4 is 23.2 Å². The van der Waals surface area contributed by atoms with E-state index in [1.807, 2.05) is 30.5 Å². The first-order chi connectivity index (χ1) is 11.0. The van der Waals surface area contributed by atoms with Crippen LogP contribution in [0.4, 0.5) is 0 Å². The van der Waals surface area contributed by atoms with Gasteiger partial charge in [0.2, 0.25) is 11.8 Å². The molecule has 0 saturated carbocycles. The maximum absolute atomic E-state index is 12.4. The van der Waals surface area contributed by atoms with Crippen molar-refractivity contribution < 1.29 is 9.59 Å². The molecule has 122 valence electrons. The first kappa shape index (κ1) is 17.2. The third-order valence-corrected chi connectivity index (χ3v) is 4.76. The number of hydrogen-bond donors (Lipinski definition) is 2. The van der Waals surface area contributed by atoms with Crippen molar-refractivity contribution in [2.75, 3.05) is 0 Å². The standard InChI is InChI=1S/C18H22N2O2S/c1-12-9-10-23-17(12)16(11-15-7-5-4-6-8-15)20-18(22)13(2)19-14(3)21/h4-10,13,16H,11H2,1-3H3,(H,19,21)(H,20,22)/t13-,16-/m1/s1. The molecule has 0 spiro atoms. The summed E-state index contributed by atoms with van der Waals surface area (Å²) < 4.78 is 0. The van der Waals surface area contributed by atoms with Gasteiger partial charge in [0, 0.05) is 11.8 Å². The molecule has 2 aromatic rings. The highest BCUT2D eigenvalue weighted by Crippen LogP contribution is 2.27. The quantitative estimate of drug-likeness (QED) is 0.855. The zero-order chi connectivity index (χ0) is 16.8. The van der Waals surface area contributed by atoms with E-state index in [9.17, 15) is 9.59 Å². The zero-order valence-corrected chi connectivity index (χ0v) is 14.4. The maximum atomic E-state index is 12.4. The van der Waals surface area contributed by atoms with Crippen LogP contribution in [0.25, 0.3) is 0 Å². The average molecular weight is 330 g/mol. The molecular weight excluding hydrogens is 308 g/mol. The molecule has 0 saturated heterocycles. The fourth-order valence-electron chi connectivity index (χ4n) is 2.47. The lowest BCUT2D eigenvalue weighted by molar-refractivity contribution is -0.128. The summed E-state index contributed by atoms with van der Waals surface area (Å²) in [7, 11) is 0. The molecule has 1 aromatic heterocycles. The van der Waals surface area contributed by atoms with Crippen LogP contribution >= 0.6 is 11.3 Å². The second-order valence-electron chi connectivity index (χ2n) is 5.64. The Morgan fingerprint density at radius 3 is 2.39 bits per heavy atom. The normalized spacial score (nSPS) is 13.2. The van der Waals surface area contributed by atoms with E-state index in [0.717, 1.165) is 16.9 Å². The lowest BCUT2D eigenvalue weighted by Crippen LogP contribution is -2.45. The molecule has 0 aliphatic heterocycles. The molecule has 0 unspecified atom stereocenters. The molecule has 1 aromatic carbocycles. The Kier molecular flexibility index (Phi) is 5.93. The largest absolute Gasteiger partial charge is 0.346 e. The Balaban J connectivity index is 2.16. The van der Waals surface area contributed by atoms with Gasteiger partial charge in [0.05, 0.1) is 6.04 Å². The number of carbonyl (C=O) groups is 2. The fourth-order valence-corrected chi connectivity index (χ4v) is 3.45. The number of amides is 2. The van der Waals surface area contributed by atoms with Gasteiger partial charge >= 0.3 is 0 Å². The molecule has 0 radical (unpaired) electrons. The summed E-state index contributed by atoms with van der Waals surface area (Å²) in [5.41, 5.74) is 2.33. The van der Waals surface area contributed by atoms with E-state index in [1.165, 1.54) is 12.5 Å². The van der Waals surface area contributed by atoms with Crippen LogP contribution in [0.1, 0.15) is 35.9 Å². The predicted molar refractivity (Wildman–Crippen MR) is 93.4 cm³/mol. The van der Waals surface area contributed by atoms with Crippen molar-refractivity contribution in [3.8, 4) is 0 Å². The van der Waals surface area contributed by atoms with Gasteiger partial charge in [-0.05, 0) is 42.8 Å². The minimum Gasteiger partial charge on any atom is -0.346 e. The molecule has 0 bridgehead atoms. The van der Waals surface area contributed by atoms with E-state index in [4.69, 9.17) is 0 Å². The van der Waals surface area contributed by atoms with E-state index >= 15 is 0 Å². The van der Waals surface area contributed by atoms with Gasteiger partial charge in [0.25, 0.3) is 0 Å². The second kappa shape index (κ2) is 7.92. The molecule has 2 atom stereocenters. The highest BCUT2D eigenvalue weighted by molar-refractivity contribution is 7.10. The molecule has 2 N–H and O–H groups in total. The van der Waals surface area contributed by atoms with E-state index in [0.29, 0.717) is 0 Å². The molecule has 0 fully saturated rings. The summed E-state index contributed by atoms with van der Waals surface area (Å²) in [4.78, 5) is 24.6. The minimum absolute atomic E-state index is 0.0962. The smallest absolute Gasteiger partial charge is 0.242 e. The molecule has 0 aliphatic carbocycles. The zero-order valence-electron chi connectivity index (χ0n) is 13.6. The predicted octanol–water partition coefficient (Wildman–Crippen LogP) is 2.98. The van der Waals surface area contributed by atoms with Crippen LogP contribution in [-0.4, -0.2) is 17.9 Å². The average Bonchev–Trinajstić information content (AvgIpc) is 2.93. The van der Waals surface area contributed by atoms with E-state index in [-0.39, 0.29) is 17.9 Å². The summed E-state index contributed by atoms with van der Waals surface area (Å²) in [6.45, 7) is 5.15. The van der Waals surface area contributed by atoms with E-state index in [1.54, 1.807) is 18.3 Å². The minimum atomic E-state index is -0.550. The van der Waals surface area contributed by atoms with Crippen molar-refractivity contribution in [3.63, 3.8) is 0 Å². The molecule has 2 amide bonds. The summed E-state index contributed by atoms with van der Waals surface area (Å²) in [5.74, 6) is -0.381. The Bertz CT molecular complexity index is 667. The third-order valence-electron chi connectivity index (χ3n) is 3.63. The highest BCUT2D eigenvalue weighted by atomic mass is 32.1. The number of hydrogen-bond acceptors (Lipinski definition) is 3. The molecule has 5 heteroatoms. The van der Waals surface area contributed by atoms with Crippen molar-refractivity contribution in [2.45, 2.75) is 39.3 Å². The summed E-state index contributed by atoms with van der Waals surface area (Å²) in [6.07, 6.45) is 0.723. The van der Waals surface area contributed by atoms with Gasteiger partial charge in [-0.15, -0.1) is 11.3 Å². The molecule has 1 heterocycles. The topological polar surface area (TPSA) is 58.2 Å². The van der Waals surface area contributed by atoms with Gasteiger partial charge in [-0.2, -0.15) is 0 Å². The van der Waals surface area contributed by atoms with E-state index in [2.05, 4.69) is 28.8 Å². The van der Waals surface area contributed by atoms with Crippen molar-refractivity contribution in [2.24, 2.45) is 0 Å². The Morgan fingerprint density at radius 2 is 1.83 bits per heavy atom. The van der Waals surface area contributed by atoms with Crippen LogP contribution < -0.4 is 10.6 Å². The summed E-state index contributed by atoms with van der Waals surface area (Å²) in [6, 6.07) is 11.5. The number of aryl methyl sites for hydroxylation is 1. The van der Waals surface area contributed by atoms with Gasteiger partial charge in [0.15, 0.2) is 0 Å². The number of benzene rings is 1. The van der Waals surface area contributed by atoms with Crippen LogP contribution in [0.15, 0.2) is 41.8 Å². The maximum Gasteiger partial charge on any atom is 0.242 e. The van der Waals surface area contributed by atoms with Crippen LogP contribution in [-0.2, 0) is 16.0 Å². The van der Waals surface area contributed by atoms with Crippen LogP contribution in [0, 0.1) is 6.92 Å². The third kappa shape index (κ3) is 4.93. The first-order valence-electron chi connectivity index (χ1n) is 7.62. The molecule has 2 rings (SSSR count). The van der Waals surface area contributed by atoms with Gasteiger partial charge in [-0.25, -0.2) is 0 Å². The lowest BCUT2D eigenvalue weighted by Gasteiger charge is -2.21. The summed E-state index contributed by atoms with van der Waals surface area (Å²) >= 11 is 1.64. The van der Waals surface area contributed by atoms with Gasteiger partial charge in [0.1, 0.15) is 6.04 Å². The fraction of sp³-hybridized carbons (Fsp3) is 0.333. The van der Waals surface area contributed by atoms with Crippen molar-refractivity contribution in [1.29, 1.82) is 0 Å². The number of carbonyl (C=O) groups excluding carboxylic acids is 2. The number of thiophene rings is 1. The highest BCUT2D eigenvalue weighted by Gasteiger charge is 2.22. The van der Waals surface area contributed by atoms with Gasteiger partial charge in [-0.1, -0.05) is 30.3 Å². The Morgan fingerprint density at radius 1 is 1.13 bits per heavy atom. The second-order valence-corrected chi connectivity index (χ2v) is 6.59. The van der Waals surface area contributed by atoms with Crippen molar-refractivity contribution in [3.05, 3.63) is 57.8 Å². The summed E-state index contributed by atoms with van der Waals surface area (Å²) in [5, 5.41) is 7.73. The van der Waals surface area contributed by atoms with E-state index < -0.39 is 6.04 Å². The Labute approximate surface area is 140 Å². The molecular formula is C18H22N2O2S. The van der Waals surface area contributed by atoms with Gasteiger partial charge in [-0.3, -0.25) is 9.59 Å². The lowest BCUT2D eigenvalue weighted by atomic mass is 10.0. The molecule has 4 nitrogen and oxygen atoms in total. The SMILES string of the molecule is CC(=O)N[C@H](C)C(=O)N[C@H](Cc1ccccc1)c1sccc1C.